The maximum Gasteiger partial charge on any atom is 0.0591 e. The molecular formula is C15H24O. The van der Waals surface area contributed by atoms with Gasteiger partial charge in [0.15, 0.2) is 0 Å². The number of aliphatic hydroxyl groups excluding tert-OH is 1. The predicted octanol–water partition coefficient (Wildman–Crippen LogP) is 3.64. The van der Waals surface area contributed by atoms with Crippen molar-refractivity contribution in [1.82, 2.24) is 0 Å². The molecule has 0 heterocycles. The van der Waals surface area contributed by atoms with E-state index in [2.05, 4.69) is 52.8 Å². The summed E-state index contributed by atoms with van der Waals surface area (Å²) in [4.78, 5) is 0. The second-order valence-corrected chi connectivity index (χ2v) is 5.79. The molecule has 90 valence electrons. The first-order valence-electron chi connectivity index (χ1n) is 6.05. The minimum Gasteiger partial charge on any atom is -0.393 e. The summed E-state index contributed by atoms with van der Waals surface area (Å²) in [6.45, 7) is 10.5. The van der Waals surface area contributed by atoms with Gasteiger partial charge in [0.2, 0.25) is 0 Å². The van der Waals surface area contributed by atoms with Gasteiger partial charge in [-0.1, -0.05) is 39.0 Å². The quantitative estimate of drug-likeness (QED) is 0.824. The summed E-state index contributed by atoms with van der Waals surface area (Å²) in [5.74, 6) is 0. The summed E-state index contributed by atoms with van der Waals surface area (Å²) in [6.07, 6.45) is 1.58. The Morgan fingerprint density at radius 3 is 2.06 bits per heavy atom. The SMILES string of the molecule is Cc1cccc(C)c1CCC(O)C(C)(C)C. The molecule has 0 spiro atoms. The van der Waals surface area contributed by atoms with Gasteiger partial charge in [-0.2, -0.15) is 0 Å². The smallest absolute Gasteiger partial charge is 0.0591 e. The number of aliphatic hydroxyl groups is 1. The first-order valence-corrected chi connectivity index (χ1v) is 6.05. The lowest BCUT2D eigenvalue weighted by Gasteiger charge is -2.26. The van der Waals surface area contributed by atoms with Crippen molar-refractivity contribution in [2.75, 3.05) is 0 Å². The Balaban J connectivity index is 2.69. The second kappa shape index (κ2) is 5.01. The maximum absolute atomic E-state index is 10.0. The van der Waals surface area contributed by atoms with E-state index >= 15 is 0 Å². The Morgan fingerprint density at radius 1 is 1.12 bits per heavy atom. The van der Waals surface area contributed by atoms with Gasteiger partial charge in [-0.25, -0.2) is 0 Å². The van der Waals surface area contributed by atoms with Crippen LogP contribution in [0.25, 0.3) is 0 Å². The molecule has 0 saturated carbocycles. The van der Waals surface area contributed by atoms with Gasteiger partial charge in [0, 0.05) is 0 Å². The molecule has 0 radical (unpaired) electrons. The van der Waals surface area contributed by atoms with E-state index in [1.807, 2.05) is 0 Å². The third-order valence-electron chi connectivity index (χ3n) is 3.31. The Hall–Kier alpha value is -0.820. The molecule has 1 N–H and O–H groups in total. The van der Waals surface area contributed by atoms with Crippen LogP contribution in [0.1, 0.15) is 43.9 Å². The van der Waals surface area contributed by atoms with E-state index in [0.29, 0.717) is 0 Å². The number of hydrogen-bond acceptors (Lipinski definition) is 1. The molecule has 0 saturated heterocycles. The molecule has 1 atom stereocenters. The molecular weight excluding hydrogens is 196 g/mol. The molecule has 0 amide bonds. The van der Waals surface area contributed by atoms with Crippen molar-refractivity contribution < 1.29 is 5.11 Å². The van der Waals surface area contributed by atoms with Gasteiger partial charge in [0.05, 0.1) is 6.10 Å². The Kier molecular flexibility index (Phi) is 4.15. The molecule has 0 aromatic heterocycles. The Bertz CT molecular complexity index is 327. The highest BCUT2D eigenvalue weighted by atomic mass is 16.3. The van der Waals surface area contributed by atoms with Crippen molar-refractivity contribution in [3.05, 3.63) is 34.9 Å². The fourth-order valence-corrected chi connectivity index (χ4v) is 1.96. The number of aryl methyl sites for hydroxylation is 2. The van der Waals surface area contributed by atoms with E-state index in [0.717, 1.165) is 12.8 Å². The number of rotatable bonds is 3. The first kappa shape index (κ1) is 13.2. The van der Waals surface area contributed by atoms with E-state index in [1.165, 1.54) is 16.7 Å². The zero-order chi connectivity index (χ0) is 12.3. The van der Waals surface area contributed by atoms with Crippen molar-refractivity contribution in [2.45, 2.75) is 53.6 Å². The fraction of sp³-hybridized carbons (Fsp3) is 0.600. The van der Waals surface area contributed by atoms with E-state index in [1.54, 1.807) is 0 Å². The van der Waals surface area contributed by atoms with Crippen molar-refractivity contribution in [3.8, 4) is 0 Å². The van der Waals surface area contributed by atoms with E-state index < -0.39 is 0 Å². The fourth-order valence-electron chi connectivity index (χ4n) is 1.96. The molecule has 0 aliphatic rings. The molecule has 1 unspecified atom stereocenters. The van der Waals surface area contributed by atoms with Crippen LogP contribution in [0, 0.1) is 19.3 Å². The van der Waals surface area contributed by atoms with Crippen molar-refractivity contribution >= 4 is 0 Å². The average molecular weight is 220 g/mol. The summed E-state index contributed by atoms with van der Waals surface area (Å²) in [6, 6.07) is 6.38. The summed E-state index contributed by atoms with van der Waals surface area (Å²) in [7, 11) is 0. The second-order valence-electron chi connectivity index (χ2n) is 5.79. The van der Waals surface area contributed by atoms with Crippen LogP contribution in [0.4, 0.5) is 0 Å². The standard InChI is InChI=1S/C15H24O/c1-11-7-6-8-12(2)13(11)9-10-14(16)15(3,4)5/h6-8,14,16H,9-10H2,1-5H3. The molecule has 0 aliphatic carbocycles. The van der Waals surface area contributed by atoms with Crippen LogP contribution in [0.3, 0.4) is 0 Å². The lowest BCUT2D eigenvalue weighted by Crippen LogP contribution is -2.26. The Labute approximate surface area is 99.5 Å². The maximum atomic E-state index is 10.0. The lowest BCUT2D eigenvalue weighted by atomic mass is 9.85. The molecule has 1 aromatic rings. The van der Waals surface area contributed by atoms with Gasteiger partial charge in [0.1, 0.15) is 0 Å². The van der Waals surface area contributed by atoms with Gasteiger partial charge in [-0.05, 0) is 48.8 Å². The minimum atomic E-state index is -0.230. The summed E-state index contributed by atoms with van der Waals surface area (Å²) < 4.78 is 0. The zero-order valence-corrected chi connectivity index (χ0v) is 11.2. The number of benzene rings is 1. The van der Waals surface area contributed by atoms with Crippen molar-refractivity contribution in [1.29, 1.82) is 0 Å². The average Bonchev–Trinajstić information content (AvgIpc) is 2.15. The highest BCUT2D eigenvalue weighted by molar-refractivity contribution is 5.33. The van der Waals surface area contributed by atoms with Gasteiger partial charge in [-0.15, -0.1) is 0 Å². The van der Waals surface area contributed by atoms with Crippen LogP contribution in [-0.2, 0) is 6.42 Å². The molecule has 0 bridgehead atoms. The largest absolute Gasteiger partial charge is 0.393 e. The normalized spacial score (nSPS) is 13.9. The molecule has 16 heavy (non-hydrogen) atoms. The van der Waals surface area contributed by atoms with E-state index in [9.17, 15) is 5.11 Å². The van der Waals surface area contributed by atoms with E-state index in [-0.39, 0.29) is 11.5 Å². The van der Waals surface area contributed by atoms with Crippen LogP contribution < -0.4 is 0 Å². The highest BCUT2D eigenvalue weighted by Crippen LogP contribution is 2.24. The van der Waals surface area contributed by atoms with Crippen LogP contribution in [0.2, 0.25) is 0 Å². The Morgan fingerprint density at radius 2 is 1.62 bits per heavy atom. The van der Waals surface area contributed by atoms with E-state index in [4.69, 9.17) is 0 Å². The van der Waals surface area contributed by atoms with Crippen LogP contribution in [-0.4, -0.2) is 11.2 Å². The molecule has 0 aliphatic heterocycles. The van der Waals surface area contributed by atoms with Crippen molar-refractivity contribution in [3.63, 3.8) is 0 Å². The third kappa shape index (κ3) is 3.34. The van der Waals surface area contributed by atoms with Gasteiger partial charge in [-0.3, -0.25) is 0 Å². The van der Waals surface area contributed by atoms with Gasteiger partial charge < -0.3 is 5.11 Å². The molecule has 1 rings (SSSR count). The topological polar surface area (TPSA) is 20.2 Å². The minimum absolute atomic E-state index is 0.0173. The van der Waals surface area contributed by atoms with Gasteiger partial charge in [0.25, 0.3) is 0 Å². The van der Waals surface area contributed by atoms with Crippen LogP contribution >= 0.6 is 0 Å². The first-order chi connectivity index (χ1) is 7.32. The number of hydrogen-bond donors (Lipinski definition) is 1. The molecule has 1 aromatic carbocycles. The summed E-state index contributed by atoms with van der Waals surface area (Å²) in [5.41, 5.74) is 4.05. The van der Waals surface area contributed by atoms with Crippen LogP contribution in [0.5, 0.6) is 0 Å². The third-order valence-corrected chi connectivity index (χ3v) is 3.31. The van der Waals surface area contributed by atoms with Gasteiger partial charge >= 0.3 is 0 Å². The summed E-state index contributed by atoms with van der Waals surface area (Å²) in [5, 5.41) is 10.0. The van der Waals surface area contributed by atoms with Crippen LogP contribution in [0.15, 0.2) is 18.2 Å². The highest BCUT2D eigenvalue weighted by Gasteiger charge is 2.21. The molecule has 1 heteroatoms. The molecule has 1 nitrogen and oxygen atoms in total. The zero-order valence-electron chi connectivity index (χ0n) is 11.2. The summed E-state index contributed by atoms with van der Waals surface area (Å²) >= 11 is 0. The lowest BCUT2D eigenvalue weighted by molar-refractivity contribution is 0.0559. The predicted molar refractivity (Wildman–Crippen MR) is 69.7 cm³/mol. The van der Waals surface area contributed by atoms with Crippen molar-refractivity contribution in [2.24, 2.45) is 5.41 Å². The molecule has 0 fully saturated rings. The monoisotopic (exact) mass is 220 g/mol.